The number of nitrogens with one attached hydrogen (secondary N) is 1. The lowest BCUT2D eigenvalue weighted by Crippen LogP contribution is -2.55. The van der Waals surface area contributed by atoms with Gasteiger partial charge in [-0.1, -0.05) is 35.0 Å². The zero-order chi connectivity index (χ0) is 20.3. The van der Waals surface area contributed by atoms with Crippen LogP contribution in [-0.4, -0.2) is 54.0 Å². The van der Waals surface area contributed by atoms with Gasteiger partial charge >= 0.3 is 6.03 Å². The second-order valence-corrected chi connectivity index (χ2v) is 7.86. The summed E-state index contributed by atoms with van der Waals surface area (Å²) in [5.74, 6) is 5.83. The number of hydrogen-bond donors (Lipinski definition) is 1. The summed E-state index contributed by atoms with van der Waals surface area (Å²) in [5, 5.41) is 12.9. The van der Waals surface area contributed by atoms with Gasteiger partial charge < -0.3 is 15.1 Å². The van der Waals surface area contributed by atoms with E-state index in [2.05, 4.69) is 23.2 Å². The van der Waals surface area contributed by atoms with Crippen LogP contribution in [0.3, 0.4) is 0 Å². The molecule has 1 aromatic rings. The smallest absolute Gasteiger partial charge is 0.318 e. The van der Waals surface area contributed by atoms with E-state index >= 15 is 0 Å². The van der Waals surface area contributed by atoms with Gasteiger partial charge in [0.25, 0.3) is 0 Å². The molecule has 1 unspecified atom stereocenters. The molecule has 0 aromatic heterocycles. The summed E-state index contributed by atoms with van der Waals surface area (Å²) in [6.07, 6.45) is 1.27. The van der Waals surface area contributed by atoms with Crippen molar-refractivity contribution in [3.63, 3.8) is 0 Å². The number of carbonyl (C=O) groups excluding carboxylic acids is 2. The molecule has 1 aliphatic carbocycles. The number of benzene rings is 1. The van der Waals surface area contributed by atoms with Crippen molar-refractivity contribution < 1.29 is 9.59 Å². The standard InChI is InChI=1S/C20H20Cl2N4O2/c1-14(2-3-15-4-5-16(21)17(22)12-15)24-19(28)26-10-8-25(9-11-26)18(27)20(13-23)6-7-20/h4-5,12,14H,6-11H2,1H3,(H,24,28). The van der Waals surface area contributed by atoms with E-state index in [-0.39, 0.29) is 18.0 Å². The van der Waals surface area contributed by atoms with Crippen molar-refractivity contribution in [2.45, 2.75) is 25.8 Å². The number of nitrogens with zero attached hydrogens (tertiary/aromatic N) is 3. The third-order valence-corrected chi connectivity index (χ3v) is 5.66. The van der Waals surface area contributed by atoms with Crippen molar-refractivity contribution >= 4 is 35.1 Å². The van der Waals surface area contributed by atoms with Gasteiger partial charge in [-0.2, -0.15) is 5.26 Å². The molecule has 1 saturated heterocycles. The summed E-state index contributed by atoms with van der Waals surface area (Å²) in [5.41, 5.74) is -0.0897. The first-order valence-electron chi connectivity index (χ1n) is 9.07. The van der Waals surface area contributed by atoms with Crippen LogP contribution < -0.4 is 5.32 Å². The molecule has 1 N–H and O–H groups in total. The van der Waals surface area contributed by atoms with Crippen molar-refractivity contribution in [3.05, 3.63) is 33.8 Å². The van der Waals surface area contributed by atoms with E-state index in [9.17, 15) is 9.59 Å². The molecule has 28 heavy (non-hydrogen) atoms. The van der Waals surface area contributed by atoms with E-state index in [1.54, 1.807) is 34.9 Å². The van der Waals surface area contributed by atoms with Gasteiger partial charge in [0, 0.05) is 31.7 Å². The second-order valence-electron chi connectivity index (χ2n) is 7.04. The summed E-state index contributed by atoms with van der Waals surface area (Å²) < 4.78 is 0. The van der Waals surface area contributed by atoms with E-state index in [1.165, 1.54) is 0 Å². The summed E-state index contributed by atoms with van der Waals surface area (Å²) >= 11 is 11.9. The maximum atomic E-state index is 12.4. The lowest BCUT2D eigenvalue weighted by molar-refractivity contribution is -0.136. The van der Waals surface area contributed by atoms with Crippen molar-refractivity contribution in [3.8, 4) is 17.9 Å². The van der Waals surface area contributed by atoms with Crippen LogP contribution in [0.15, 0.2) is 18.2 Å². The van der Waals surface area contributed by atoms with Crippen LogP contribution in [-0.2, 0) is 4.79 Å². The second kappa shape index (κ2) is 8.31. The number of halogens is 2. The highest BCUT2D eigenvalue weighted by molar-refractivity contribution is 6.42. The first-order valence-corrected chi connectivity index (χ1v) is 9.83. The Labute approximate surface area is 174 Å². The fraction of sp³-hybridized carbons (Fsp3) is 0.450. The van der Waals surface area contributed by atoms with Crippen molar-refractivity contribution in [1.82, 2.24) is 15.1 Å². The SMILES string of the molecule is CC(C#Cc1ccc(Cl)c(Cl)c1)NC(=O)N1CCN(C(=O)C2(C#N)CC2)CC1. The molecule has 0 radical (unpaired) electrons. The Kier molecular flexibility index (Phi) is 6.03. The van der Waals surface area contributed by atoms with E-state index in [0.717, 1.165) is 0 Å². The van der Waals surface area contributed by atoms with Gasteiger partial charge in [0.1, 0.15) is 5.41 Å². The summed E-state index contributed by atoms with van der Waals surface area (Å²) in [6.45, 7) is 3.56. The van der Waals surface area contributed by atoms with Crippen LogP contribution in [0, 0.1) is 28.6 Å². The molecule has 146 valence electrons. The summed E-state index contributed by atoms with van der Waals surface area (Å²) in [7, 11) is 0. The average molecular weight is 419 g/mol. The van der Waals surface area contributed by atoms with Crippen LogP contribution in [0.25, 0.3) is 0 Å². The predicted molar refractivity (Wildman–Crippen MR) is 107 cm³/mol. The van der Waals surface area contributed by atoms with Gasteiger partial charge in [0.2, 0.25) is 5.91 Å². The normalized spacial score (nSPS) is 18.4. The highest BCUT2D eigenvalue weighted by Crippen LogP contribution is 2.46. The van der Waals surface area contributed by atoms with Crippen LogP contribution in [0.2, 0.25) is 10.0 Å². The molecule has 2 aliphatic rings. The maximum absolute atomic E-state index is 12.4. The number of rotatable bonds is 2. The zero-order valence-corrected chi connectivity index (χ0v) is 17.0. The molecular formula is C20H20Cl2N4O2. The Morgan fingerprint density at radius 3 is 2.36 bits per heavy atom. The quantitative estimate of drug-likeness (QED) is 0.749. The van der Waals surface area contributed by atoms with E-state index in [4.69, 9.17) is 28.5 Å². The monoisotopic (exact) mass is 418 g/mol. The number of amides is 3. The van der Waals surface area contributed by atoms with Gasteiger partial charge in [-0.05, 0) is 38.0 Å². The molecule has 1 saturated carbocycles. The molecule has 3 amide bonds. The van der Waals surface area contributed by atoms with Crippen LogP contribution in [0.4, 0.5) is 4.79 Å². The number of carbonyl (C=O) groups is 2. The van der Waals surface area contributed by atoms with Crippen LogP contribution in [0.1, 0.15) is 25.3 Å². The van der Waals surface area contributed by atoms with E-state index in [0.29, 0.717) is 54.6 Å². The van der Waals surface area contributed by atoms with Crippen LogP contribution >= 0.6 is 23.2 Å². The number of nitriles is 1. The Hall–Kier alpha value is -2.41. The van der Waals surface area contributed by atoms with Gasteiger partial charge in [-0.25, -0.2) is 4.79 Å². The minimum absolute atomic E-state index is 0.101. The lowest BCUT2D eigenvalue weighted by atomic mass is 10.1. The molecule has 6 nitrogen and oxygen atoms in total. The van der Waals surface area contributed by atoms with Crippen LogP contribution in [0.5, 0.6) is 0 Å². The molecule has 0 spiro atoms. The molecular weight excluding hydrogens is 399 g/mol. The molecule has 8 heteroatoms. The Morgan fingerprint density at radius 1 is 1.14 bits per heavy atom. The van der Waals surface area contributed by atoms with Gasteiger partial charge in [-0.15, -0.1) is 0 Å². The molecule has 3 rings (SSSR count). The third-order valence-electron chi connectivity index (χ3n) is 4.92. The zero-order valence-electron chi connectivity index (χ0n) is 15.5. The Morgan fingerprint density at radius 2 is 1.79 bits per heavy atom. The minimum atomic E-state index is -0.806. The van der Waals surface area contributed by atoms with Crippen molar-refractivity contribution in [1.29, 1.82) is 5.26 Å². The maximum Gasteiger partial charge on any atom is 0.318 e. The highest BCUT2D eigenvalue weighted by atomic mass is 35.5. The number of urea groups is 1. The van der Waals surface area contributed by atoms with Gasteiger partial charge in [0.15, 0.2) is 0 Å². The molecule has 0 bridgehead atoms. The Balaban J connectivity index is 1.49. The van der Waals surface area contributed by atoms with Crippen molar-refractivity contribution in [2.75, 3.05) is 26.2 Å². The lowest BCUT2D eigenvalue weighted by Gasteiger charge is -2.35. The fourth-order valence-electron chi connectivity index (χ4n) is 2.99. The van der Waals surface area contributed by atoms with Gasteiger partial charge in [0.05, 0.1) is 22.2 Å². The Bertz CT molecular complexity index is 888. The molecule has 1 aromatic carbocycles. The average Bonchev–Trinajstić information content (AvgIpc) is 3.50. The first-order chi connectivity index (χ1) is 13.3. The molecule has 1 heterocycles. The largest absolute Gasteiger partial charge is 0.338 e. The van der Waals surface area contributed by atoms with E-state index in [1.807, 2.05) is 0 Å². The minimum Gasteiger partial charge on any atom is -0.338 e. The number of piperazine rings is 1. The van der Waals surface area contributed by atoms with Crippen molar-refractivity contribution in [2.24, 2.45) is 5.41 Å². The number of hydrogen-bond acceptors (Lipinski definition) is 3. The summed E-state index contributed by atoms with van der Waals surface area (Å²) in [6, 6.07) is 6.68. The third kappa shape index (κ3) is 4.52. The molecule has 1 aliphatic heterocycles. The first kappa shape index (κ1) is 20.3. The predicted octanol–water partition coefficient (Wildman–Crippen LogP) is 2.89. The van der Waals surface area contributed by atoms with E-state index < -0.39 is 5.41 Å². The summed E-state index contributed by atoms with van der Waals surface area (Å²) in [4.78, 5) is 28.1. The molecule has 2 fully saturated rings. The fourth-order valence-corrected chi connectivity index (χ4v) is 3.29. The molecule has 1 atom stereocenters. The van der Waals surface area contributed by atoms with Gasteiger partial charge in [-0.3, -0.25) is 4.79 Å². The topological polar surface area (TPSA) is 76.4 Å². The highest BCUT2D eigenvalue weighted by Gasteiger charge is 2.52.